The van der Waals surface area contributed by atoms with Crippen molar-refractivity contribution < 1.29 is 14.3 Å². The van der Waals surface area contributed by atoms with Crippen LogP contribution in [0.2, 0.25) is 0 Å². The minimum Gasteiger partial charge on any atom is -0.468 e. The number of hydrogen-bond acceptors (Lipinski definition) is 4. The minimum absolute atomic E-state index is 0.0438. The van der Waals surface area contributed by atoms with E-state index in [4.69, 9.17) is 0 Å². The molecule has 0 aromatic heterocycles. The molecule has 0 aliphatic heterocycles. The molecule has 1 saturated carbocycles. The molecule has 0 heterocycles. The first kappa shape index (κ1) is 15.0. The quantitative estimate of drug-likeness (QED) is 0.719. The molecule has 0 radical (unpaired) electrons. The Kier molecular flexibility index (Phi) is 6.12. The van der Waals surface area contributed by atoms with Gasteiger partial charge >= 0.3 is 5.97 Å². The number of carbonyl (C=O) groups excluding carboxylic acids is 2. The Balaban J connectivity index is 2.33. The van der Waals surface area contributed by atoms with Gasteiger partial charge in [0, 0.05) is 6.04 Å². The largest absolute Gasteiger partial charge is 0.468 e. The number of hydrogen-bond donors (Lipinski definition) is 2. The van der Waals surface area contributed by atoms with Gasteiger partial charge in [-0.1, -0.05) is 19.3 Å². The van der Waals surface area contributed by atoms with Crippen LogP contribution in [0.25, 0.3) is 0 Å². The smallest absolute Gasteiger partial charge is 0.322 e. The molecule has 2 unspecified atom stereocenters. The first-order valence-corrected chi connectivity index (χ1v) is 6.69. The second-order valence-electron chi connectivity index (χ2n) is 4.98. The van der Waals surface area contributed by atoms with E-state index < -0.39 is 6.04 Å². The zero-order chi connectivity index (χ0) is 13.5. The summed E-state index contributed by atoms with van der Waals surface area (Å²) in [5.74, 6) is -0.398. The summed E-state index contributed by atoms with van der Waals surface area (Å²) in [7, 11) is 1.34. The second kappa shape index (κ2) is 7.36. The van der Waals surface area contributed by atoms with Gasteiger partial charge in [0.1, 0.15) is 6.04 Å². The minimum atomic E-state index is -0.470. The number of ether oxygens (including phenoxy) is 1. The lowest BCUT2D eigenvalue weighted by molar-refractivity contribution is -0.143. The summed E-state index contributed by atoms with van der Waals surface area (Å²) in [5, 5.41) is 5.96. The Bertz CT molecular complexity index is 288. The summed E-state index contributed by atoms with van der Waals surface area (Å²) in [6, 6.07) is -0.563. The third-order valence-corrected chi connectivity index (χ3v) is 3.40. The Morgan fingerprint density at radius 3 is 2.28 bits per heavy atom. The molecule has 5 heteroatoms. The molecule has 1 aliphatic carbocycles. The molecule has 0 bridgehead atoms. The van der Waals surface area contributed by atoms with Crippen LogP contribution in [0.1, 0.15) is 46.0 Å². The molecular weight excluding hydrogens is 232 g/mol. The standard InChI is InChI=1S/C13H24N2O3/c1-9(14-10(2)13(17)18-3)12(16)15-11-7-5-4-6-8-11/h9-11,14H,4-8H2,1-3H3,(H,15,16). The monoisotopic (exact) mass is 256 g/mol. The molecule has 1 fully saturated rings. The summed E-state index contributed by atoms with van der Waals surface area (Å²) in [4.78, 5) is 23.2. The van der Waals surface area contributed by atoms with Gasteiger partial charge < -0.3 is 10.1 Å². The molecule has 5 nitrogen and oxygen atoms in total. The predicted octanol–water partition coefficient (Wildman–Crippen LogP) is 0.975. The van der Waals surface area contributed by atoms with Crippen molar-refractivity contribution in [2.24, 2.45) is 0 Å². The van der Waals surface area contributed by atoms with Gasteiger partial charge in [-0.05, 0) is 26.7 Å². The molecule has 1 aliphatic rings. The molecule has 104 valence electrons. The maximum atomic E-state index is 11.9. The molecule has 1 amide bonds. The second-order valence-corrected chi connectivity index (χ2v) is 4.98. The third kappa shape index (κ3) is 4.64. The van der Waals surface area contributed by atoms with Gasteiger partial charge in [-0.15, -0.1) is 0 Å². The lowest BCUT2D eigenvalue weighted by Gasteiger charge is -2.25. The summed E-state index contributed by atoms with van der Waals surface area (Å²) >= 11 is 0. The molecule has 0 aromatic rings. The van der Waals surface area contributed by atoms with Crippen LogP contribution >= 0.6 is 0 Å². The fraction of sp³-hybridized carbons (Fsp3) is 0.846. The van der Waals surface area contributed by atoms with Gasteiger partial charge in [-0.2, -0.15) is 0 Å². The van der Waals surface area contributed by atoms with Crippen LogP contribution in [0.4, 0.5) is 0 Å². The van der Waals surface area contributed by atoms with Crippen molar-refractivity contribution in [3.8, 4) is 0 Å². The van der Waals surface area contributed by atoms with Crippen molar-refractivity contribution in [2.45, 2.75) is 64.1 Å². The van der Waals surface area contributed by atoms with Crippen LogP contribution < -0.4 is 10.6 Å². The highest BCUT2D eigenvalue weighted by atomic mass is 16.5. The molecule has 18 heavy (non-hydrogen) atoms. The van der Waals surface area contributed by atoms with E-state index in [0.29, 0.717) is 6.04 Å². The summed E-state index contributed by atoms with van der Waals surface area (Å²) in [5.41, 5.74) is 0. The van der Waals surface area contributed by atoms with E-state index in [-0.39, 0.29) is 17.9 Å². The van der Waals surface area contributed by atoms with Crippen molar-refractivity contribution in [2.75, 3.05) is 7.11 Å². The maximum Gasteiger partial charge on any atom is 0.322 e. The number of carbonyl (C=O) groups is 2. The van der Waals surface area contributed by atoms with Crippen molar-refractivity contribution in [3.05, 3.63) is 0 Å². The fourth-order valence-corrected chi connectivity index (χ4v) is 2.27. The fourth-order valence-electron chi connectivity index (χ4n) is 2.27. The zero-order valence-electron chi connectivity index (χ0n) is 11.5. The van der Waals surface area contributed by atoms with Gasteiger partial charge in [0.2, 0.25) is 5.91 Å². The van der Waals surface area contributed by atoms with Crippen LogP contribution in [0, 0.1) is 0 Å². The van der Waals surface area contributed by atoms with E-state index in [0.717, 1.165) is 12.8 Å². The van der Waals surface area contributed by atoms with Crippen LogP contribution in [-0.2, 0) is 14.3 Å². The number of rotatable bonds is 5. The van der Waals surface area contributed by atoms with Crippen molar-refractivity contribution in [1.82, 2.24) is 10.6 Å². The number of nitrogens with one attached hydrogen (secondary N) is 2. The molecular formula is C13H24N2O3. The van der Waals surface area contributed by atoms with E-state index in [2.05, 4.69) is 15.4 Å². The van der Waals surface area contributed by atoms with Crippen molar-refractivity contribution >= 4 is 11.9 Å². The molecule has 0 spiro atoms. The van der Waals surface area contributed by atoms with Crippen LogP contribution in [0.3, 0.4) is 0 Å². The van der Waals surface area contributed by atoms with E-state index >= 15 is 0 Å². The summed E-state index contributed by atoms with van der Waals surface area (Å²) in [6.45, 7) is 3.45. The Labute approximate surface area is 109 Å². The SMILES string of the molecule is COC(=O)C(C)NC(C)C(=O)NC1CCCCC1. The van der Waals surface area contributed by atoms with Gasteiger partial charge in [0.25, 0.3) is 0 Å². The number of methoxy groups -OCH3 is 1. The average Bonchev–Trinajstić information content (AvgIpc) is 2.38. The molecule has 0 aromatic carbocycles. The van der Waals surface area contributed by atoms with E-state index in [1.807, 2.05) is 0 Å². The van der Waals surface area contributed by atoms with Crippen molar-refractivity contribution in [3.63, 3.8) is 0 Å². The first-order chi connectivity index (χ1) is 8.54. The normalized spacial score (nSPS) is 19.9. The molecule has 0 saturated heterocycles. The third-order valence-electron chi connectivity index (χ3n) is 3.40. The van der Waals surface area contributed by atoms with Crippen LogP contribution in [0.5, 0.6) is 0 Å². The van der Waals surface area contributed by atoms with Gasteiger partial charge in [-0.25, -0.2) is 0 Å². The lowest BCUT2D eigenvalue weighted by atomic mass is 9.95. The zero-order valence-corrected chi connectivity index (χ0v) is 11.5. The first-order valence-electron chi connectivity index (χ1n) is 6.69. The Hall–Kier alpha value is -1.10. The topological polar surface area (TPSA) is 67.4 Å². The van der Waals surface area contributed by atoms with E-state index in [1.54, 1.807) is 13.8 Å². The lowest BCUT2D eigenvalue weighted by Crippen LogP contribution is -2.51. The van der Waals surface area contributed by atoms with E-state index in [1.165, 1.54) is 26.4 Å². The maximum absolute atomic E-state index is 11.9. The highest BCUT2D eigenvalue weighted by molar-refractivity contribution is 5.83. The van der Waals surface area contributed by atoms with Gasteiger partial charge in [-0.3, -0.25) is 14.9 Å². The van der Waals surface area contributed by atoms with Gasteiger partial charge in [0.15, 0.2) is 0 Å². The summed E-state index contributed by atoms with van der Waals surface area (Å²) in [6.07, 6.45) is 5.76. The van der Waals surface area contributed by atoms with Gasteiger partial charge in [0.05, 0.1) is 13.2 Å². The molecule has 2 atom stereocenters. The molecule has 1 rings (SSSR count). The predicted molar refractivity (Wildman–Crippen MR) is 69.1 cm³/mol. The van der Waals surface area contributed by atoms with Crippen LogP contribution in [0.15, 0.2) is 0 Å². The Morgan fingerprint density at radius 2 is 1.72 bits per heavy atom. The molecule has 2 N–H and O–H groups in total. The van der Waals surface area contributed by atoms with E-state index in [9.17, 15) is 9.59 Å². The van der Waals surface area contributed by atoms with Crippen LogP contribution in [-0.4, -0.2) is 37.1 Å². The summed E-state index contributed by atoms with van der Waals surface area (Å²) < 4.78 is 4.61. The highest BCUT2D eigenvalue weighted by Crippen LogP contribution is 2.17. The van der Waals surface area contributed by atoms with Crippen molar-refractivity contribution in [1.29, 1.82) is 0 Å². The highest BCUT2D eigenvalue weighted by Gasteiger charge is 2.22. The Morgan fingerprint density at radius 1 is 1.11 bits per heavy atom. The number of esters is 1. The average molecular weight is 256 g/mol. The number of amides is 1.